The number of anilines is 3. The number of hydrogen-bond donors (Lipinski definition) is 2. The summed E-state index contributed by atoms with van der Waals surface area (Å²) in [5.74, 6) is 0.0249. The molecule has 0 saturated heterocycles. The first-order valence-electron chi connectivity index (χ1n) is 7.67. The lowest BCUT2D eigenvalue weighted by molar-refractivity contribution is -0.137. The molecular formula is C18H14F3N3O2S. The molecule has 0 unspecified atom stereocenters. The second-order valence-electron chi connectivity index (χ2n) is 5.49. The number of methoxy groups -OCH3 is 1. The molecule has 1 heterocycles. The number of rotatable bonds is 5. The van der Waals surface area contributed by atoms with Crippen molar-refractivity contribution in [3.05, 3.63) is 64.5 Å². The molecule has 140 valence electrons. The average Bonchev–Trinajstić information content (AvgIpc) is 3.01. The van der Waals surface area contributed by atoms with Crippen LogP contribution in [0.15, 0.2) is 48.5 Å². The number of hydrogen-bond acceptors (Lipinski definition) is 6. The zero-order valence-corrected chi connectivity index (χ0v) is 14.8. The lowest BCUT2D eigenvalue weighted by atomic mass is 10.1. The third-order valence-corrected chi connectivity index (χ3v) is 4.64. The van der Waals surface area contributed by atoms with Crippen LogP contribution in [-0.2, 0) is 6.18 Å². The Hall–Kier alpha value is -3.07. The van der Waals surface area contributed by atoms with Gasteiger partial charge in [0.15, 0.2) is 5.13 Å². The molecule has 5 nitrogen and oxygen atoms in total. The summed E-state index contributed by atoms with van der Waals surface area (Å²) in [4.78, 5) is 16.7. The first-order chi connectivity index (χ1) is 12.8. The number of nitrogens with one attached hydrogen (secondary N) is 1. The molecule has 0 fully saturated rings. The van der Waals surface area contributed by atoms with Crippen molar-refractivity contribution in [2.75, 3.05) is 18.2 Å². The van der Waals surface area contributed by atoms with Gasteiger partial charge in [0.1, 0.15) is 16.4 Å². The van der Waals surface area contributed by atoms with Crippen molar-refractivity contribution < 1.29 is 22.7 Å². The van der Waals surface area contributed by atoms with Gasteiger partial charge in [0.05, 0.1) is 12.7 Å². The second-order valence-corrected chi connectivity index (χ2v) is 6.49. The Morgan fingerprint density at radius 3 is 2.52 bits per heavy atom. The van der Waals surface area contributed by atoms with Crippen LogP contribution in [0.3, 0.4) is 0 Å². The number of nitrogens with zero attached hydrogens (tertiary/aromatic N) is 1. The number of carbonyl (C=O) groups is 1. The monoisotopic (exact) mass is 393 g/mol. The van der Waals surface area contributed by atoms with E-state index in [-0.39, 0.29) is 16.3 Å². The van der Waals surface area contributed by atoms with E-state index in [0.717, 1.165) is 23.5 Å². The number of ketones is 1. The first kappa shape index (κ1) is 18.7. The first-order valence-corrected chi connectivity index (χ1v) is 8.49. The predicted octanol–water partition coefficient (Wildman–Crippen LogP) is 4.73. The molecule has 0 bridgehead atoms. The highest BCUT2D eigenvalue weighted by atomic mass is 32.1. The third kappa shape index (κ3) is 4.20. The number of benzene rings is 2. The largest absolute Gasteiger partial charge is 0.497 e. The van der Waals surface area contributed by atoms with Crippen molar-refractivity contribution in [3.63, 3.8) is 0 Å². The van der Waals surface area contributed by atoms with E-state index in [9.17, 15) is 18.0 Å². The zero-order chi connectivity index (χ0) is 19.6. The van der Waals surface area contributed by atoms with Crippen LogP contribution in [0.2, 0.25) is 0 Å². The van der Waals surface area contributed by atoms with Crippen LogP contribution in [0, 0.1) is 0 Å². The fourth-order valence-electron chi connectivity index (χ4n) is 2.31. The van der Waals surface area contributed by atoms with E-state index in [0.29, 0.717) is 16.6 Å². The molecule has 2 aromatic carbocycles. The molecule has 0 saturated carbocycles. The van der Waals surface area contributed by atoms with Crippen molar-refractivity contribution >= 4 is 33.8 Å². The highest BCUT2D eigenvalue weighted by Gasteiger charge is 2.31. The van der Waals surface area contributed by atoms with Crippen LogP contribution in [-0.4, -0.2) is 17.9 Å². The molecule has 27 heavy (non-hydrogen) atoms. The number of nitrogen functional groups attached to an aromatic ring is 1. The van der Waals surface area contributed by atoms with Crippen molar-refractivity contribution in [2.24, 2.45) is 0 Å². The molecular weight excluding hydrogens is 379 g/mol. The van der Waals surface area contributed by atoms with Gasteiger partial charge in [-0.25, -0.2) is 4.98 Å². The zero-order valence-electron chi connectivity index (χ0n) is 14.0. The van der Waals surface area contributed by atoms with Gasteiger partial charge in [0.25, 0.3) is 0 Å². The second kappa shape index (κ2) is 7.28. The van der Waals surface area contributed by atoms with Gasteiger partial charge in [-0.15, -0.1) is 0 Å². The molecule has 9 heteroatoms. The van der Waals surface area contributed by atoms with Crippen LogP contribution in [0.4, 0.5) is 29.8 Å². The van der Waals surface area contributed by atoms with Crippen LogP contribution in [0.25, 0.3) is 0 Å². The van der Waals surface area contributed by atoms with E-state index in [1.165, 1.54) is 12.1 Å². The maximum Gasteiger partial charge on any atom is 0.416 e. The minimum atomic E-state index is -4.53. The molecule has 0 amide bonds. The molecule has 0 aliphatic rings. The number of aromatic nitrogens is 1. The fraction of sp³-hybridized carbons (Fsp3) is 0.111. The normalized spacial score (nSPS) is 11.3. The van der Waals surface area contributed by atoms with E-state index in [4.69, 9.17) is 10.5 Å². The van der Waals surface area contributed by atoms with Gasteiger partial charge in [-0.05, 0) is 36.4 Å². The summed E-state index contributed by atoms with van der Waals surface area (Å²) in [5, 5.41) is 3.35. The van der Waals surface area contributed by atoms with Crippen LogP contribution < -0.4 is 15.8 Å². The minimum Gasteiger partial charge on any atom is -0.497 e. The molecule has 0 aliphatic carbocycles. The van der Waals surface area contributed by atoms with Gasteiger partial charge >= 0.3 is 6.18 Å². The van der Waals surface area contributed by atoms with E-state index >= 15 is 0 Å². The summed E-state index contributed by atoms with van der Waals surface area (Å²) in [6, 6.07) is 11.2. The number of ether oxygens (including phenoxy) is 1. The Kier molecular flexibility index (Phi) is 5.04. The Morgan fingerprint density at radius 2 is 1.89 bits per heavy atom. The molecule has 3 N–H and O–H groups in total. The average molecular weight is 393 g/mol. The standard InChI is InChI=1S/C18H14F3N3O2S/c1-26-13-7-5-12(6-8-13)23-17-24-16(22)15(27-17)14(25)10-3-2-4-11(9-10)18(19,20)21/h2-9H,22H2,1H3,(H,23,24). The fourth-order valence-corrected chi connectivity index (χ4v) is 3.18. The number of thiazole rings is 1. The lowest BCUT2D eigenvalue weighted by Crippen LogP contribution is -2.08. The van der Waals surface area contributed by atoms with E-state index in [1.54, 1.807) is 31.4 Å². The Bertz CT molecular complexity index is 969. The summed E-state index contributed by atoms with van der Waals surface area (Å²) >= 11 is 0.971. The SMILES string of the molecule is COc1ccc(Nc2nc(N)c(C(=O)c3cccc(C(F)(F)F)c3)s2)cc1. The van der Waals surface area contributed by atoms with Gasteiger partial charge in [0, 0.05) is 11.3 Å². The van der Waals surface area contributed by atoms with Gasteiger partial charge in [-0.2, -0.15) is 13.2 Å². The summed E-state index contributed by atoms with van der Waals surface area (Å²) in [7, 11) is 1.55. The molecule has 3 aromatic rings. The van der Waals surface area contributed by atoms with Crippen LogP contribution >= 0.6 is 11.3 Å². The molecule has 0 radical (unpaired) electrons. The summed E-state index contributed by atoms with van der Waals surface area (Å²) in [6.45, 7) is 0. The van der Waals surface area contributed by atoms with Crippen LogP contribution in [0.1, 0.15) is 20.8 Å². The number of carbonyl (C=O) groups excluding carboxylic acids is 1. The minimum absolute atomic E-state index is 0.0431. The van der Waals surface area contributed by atoms with Gasteiger partial charge in [-0.1, -0.05) is 23.5 Å². The molecule has 0 aliphatic heterocycles. The maximum absolute atomic E-state index is 12.8. The highest BCUT2D eigenvalue weighted by Crippen LogP contribution is 2.33. The van der Waals surface area contributed by atoms with E-state index in [1.807, 2.05) is 0 Å². The van der Waals surface area contributed by atoms with Crippen molar-refractivity contribution in [1.82, 2.24) is 4.98 Å². The molecule has 0 atom stereocenters. The Labute approximate surface area is 156 Å². The Morgan fingerprint density at radius 1 is 1.19 bits per heavy atom. The predicted molar refractivity (Wildman–Crippen MR) is 97.7 cm³/mol. The van der Waals surface area contributed by atoms with Gasteiger partial charge in [-0.3, -0.25) is 4.79 Å². The van der Waals surface area contributed by atoms with Crippen molar-refractivity contribution in [1.29, 1.82) is 0 Å². The summed E-state index contributed by atoms with van der Waals surface area (Å²) in [5.41, 5.74) is 5.50. The summed E-state index contributed by atoms with van der Waals surface area (Å²) in [6.07, 6.45) is -4.53. The number of halogens is 3. The molecule has 0 spiro atoms. The van der Waals surface area contributed by atoms with E-state index in [2.05, 4.69) is 10.3 Å². The van der Waals surface area contributed by atoms with Crippen molar-refractivity contribution in [3.8, 4) is 5.75 Å². The third-order valence-electron chi connectivity index (χ3n) is 3.65. The quantitative estimate of drug-likeness (QED) is 0.613. The maximum atomic E-state index is 12.8. The summed E-state index contributed by atoms with van der Waals surface area (Å²) < 4.78 is 43.6. The van der Waals surface area contributed by atoms with Gasteiger partial charge < -0.3 is 15.8 Å². The topological polar surface area (TPSA) is 77.2 Å². The molecule has 1 aromatic heterocycles. The molecule has 3 rings (SSSR count). The van der Waals surface area contributed by atoms with Gasteiger partial charge in [0.2, 0.25) is 5.78 Å². The van der Waals surface area contributed by atoms with Crippen molar-refractivity contribution in [2.45, 2.75) is 6.18 Å². The lowest BCUT2D eigenvalue weighted by Gasteiger charge is -2.07. The highest BCUT2D eigenvalue weighted by molar-refractivity contribution is 7.18. The smallest absolute Gasteiger partial charge is 0.416 e. The number of nitrogens with two attached hydrogens (primary N) is 1. The Balaban J connectivity index is 1.84. The van der Waals surface area contributed by atoms with Crippen LogP contribution in [0.5, 0.6) is 5.75 Å². The number of alkyl halides is 3. The van der Waals surface area contributed by atoms with E-state index < -0.39 is 17.5 Å².